The number of hydrogen-bond donors (Lipinski definition) is 1. The Morgan fingerprint density at radius 2 is 2.07 bits per heavy atom. The number of para-hydroxylation sites is 1. The highest BCUT2D eigenvalue weighted by Gasteiger charge is 2.19. The first-order valence-electron chi connectivity index (χ1n) is 5.35. The zero-order valence-corrected chi connectivity index (χ0v) is 8.61. The standard InChI is InChI=1S/C12H17NO/c1-2-12(14)10-6-3-4-7-11(10)13-8-5-9-13/h3-4,6-7,12,14H,2,5,8-9H2,1H3. The largest absolute Gasteiger partial charge is 0.388 e. The van der Waals surface area contributed by atoms with Gasteiger partial charge in [-0.25, -0.2) is 0 Å². The van der Waals surface area contributed by atoms with Gasteiger partial charge in [-0.1, -0.05) is 25.1 Å². The Kier molecular flexibility index (Phi) is 2.73. The van der Waals surface area contributed by atoms with E-state index in [0.717, 1.165) is 25.1 Å². The Hall–Kier alpha value is -1.02. The molecule has 0 aliphatic carbocycles. The molecule has 1 aliphatic heterocycles. The van der Waals surface area contributed by atoms with E-state index in [9.17, 15) is 5.11 Å². The van der Waals surface area contributed by atoms with Gasteiger partial charge in [-0.15, -0.1) is 0 Å². The lowest BCUT2D eigenvalue weighted by atomic mass is 10.0. The molecule has 0 radical (unpaired) electrons. The summed E-state index contributed by atoms with van der Waals surface area (Å²) in [6.45, 7) is 4.28. The molecule has 1 saturated heterocycles. The van der Waals surface area contributed by atoms with Crippen LogP contribution in [0.3, 0.4) is 0 Å². The number of nitrogens with zero attached hydrogens (tertiary/aromatic N) is 1. The first-order valence-corrected chi connectivity index (χ1v) is 5.35. The number of rotatable bonds is 3. The highest BCUT2D eigenvalue weighted by molar-refractivity contribution is 5.56. The zero-order chi connectivity index (χ0) is 9.97. The lowest BCUT2D eigenvalue weighted by molar-refractivity contribution is 0.174. The molecule has 2 heteroatoms. The van der Waals surface area contributed by atoms with Crippen molar-refractivity contribution >= 4 is 5.69 Å². The van der Waals surface area contributed by atoms with Crippen LogP contribution < -0.4 is 4.90 Å². The molecule has 2 nitrogen and oxygen atoms in total. The Morgan fingerprint density at radius 3 is 2.64 bits per heavy atom. The molecule has 1 aromatic rings. The topological polar surface area (TPSA) is 23.5 Å². The molecule has 1 atom stereocenters. The number of anilines is 1. The molecule has 1 heterocycles. The average Bonchev–Trinajstić information content (AvgIpc) is 2.15. The minimum Gasteiger partial charge on any atom is -0.388 e. The second-order valence-corrected chi connectivity index (χ2v) is 3.82. The maximum atomic E-state index is 9.85. The fourth-order valence-electron chi connectivity index (χ4n) is 1.83. The van der Waals surface area contributed by atoms with E-state index >= 15 is 0 Å². The summed E-state index contributed by atoms with van der Waals surface area (Å²) < 4.78 is 0. The third-order valence-corrected chi connectivity index (χ3v) is 2.88. The third kappa shape index (κ3) is 1.62. The van der Waals surface area contributed by atoms with Gasteiger partial charge < -0.3 is 10.0 Å². The van der Waals surface area contributed by atoms with Crippen LogP contribution in [-0.4, -0.2) is 18.2 Å². The van der Waals surface area contributed by atoms with E-state index in [2.05, 4.69) is 11.0 Å². The van der Waals surface area contributed by atoms with Crippen LogP contribution in [0.25, 0.3) is 0 Å². The Morgan fingerprint density at radius 1 is 1.36 bits per heavy atom. The summed E-state index contributed by atoms with van der Waals surface area (Å²) in [6, 6.07) is 8.17. The van der Waals surface area contributed by atoms with Crippen LogP contribution in [0.15, 0.2) is 24.3 Å². The van der Waals surface area contributed by atoms with Crippen LogP contribution in [0.2, 0.25) is 0 Å². The van der Waals surface area contributed by atoms with Crippen molar-refractivity contribution in [3.05, 3.63) is 29.8 Å². The third-order valence-electron chi connectivity index (χ3n) is 2.88. The van der Waals surface area contributed by atoms with Gasteiger partial charge in [0, 0.05) is 24.3 Å². The lowest BCUT2D eigenvalue weighted by Crippen LogP contribution is -2.37. The predicted molar refractivity (Wildman–Crippen MR) is 58.5 cm³/mol. The van der Waals surface area contributed by atoms with Gasteiger partial charge in [0.05, 0.1) is 6.10 Å². The highest BCUT2D eigenvalue weighted by atomic mass is 16.3. The number of benzene rings is 1. The van der Waals surface area contributed by atoms with Gasteiger partial charge in [-0.3, -0.25) is 0 Å². The number of aliphatic hydroxyl groups excluding tert-OH is 1. The van der Waals surface area contributed by atoms with Crippen LogP contribution >= 0.6 is 0 Å². The predicted octanol–water partition coefficient (Wildman–Crippen LogP) is 2.34. The van der Waals surface area contributed by atoms with Gasteiger partial charge in [-0.2, -0.15) is 0 Å². The molecule has 1 aliphatic rings. The minimum absolute atomic E-state index is 0.313. The van der Waals surface area contributed by atoms with Gasteiger partial charge in [0.2, 0.25) is 0 Å². The van der Waals surface area contributed by atoms with Crippen LogP contribution in [0.5, 0.6) is 0 Å². The normalized spacial score (nSPS) is 17.7. The van der Waals surface area contributed by atoms with E-state index in [0.29, 0.717) is 0 Å². The zero-order valence-electron chi connectivity index (χ0n) is 8.61. The highest BCUT2D eigenvalue weighted by Crippen LogP contribution is 2.30. The van der Waals surface area contributed by atoms with E-state index in [-0.39, 0.29) is 6.10 Å². The minimum atomic E-state index is -0.313. The van der Waals surface area contributed by atoms with Gasteiger partial charge in [0.1, 0.15) is 0 Å². The maximum absolute atomic E-state index is 9.85. The fourth-order valence-corrected chi connectivity index (χ4v) is 1.83. The second-order valence-electron chi connectivity index (χ2n) is 3.82. The number of aliphatic hydroxyl groups is 1. The summed E-state index contributed by atoms with van der Waals surface area (Å²) in [7, 11) is 0. The lowest BCUT2D eigenvalue weighted by Gasteiger charge is -2.35. The molecular weight excluding hydrogens is 174 g/mol. The number of hydrogen-bond acceptors (Lipinski definition) is 2. The quantitative estimate of drug-likeness (QED) is 0.792. The summed E-state index contributed by atoms with van der Waals surface area (Å²) in [5, 5.41) is 9.85. The molecule has 1 unspecified atom stereocenters. The average molecular weight is 191 g/mol. The van der Waals surface area contributed by atoms with Crippen LogP contribution in [-0.2, 0) is 0 Å². The van der Waals surface area contributed by atoms with Crippen molar-refractivity contribution in [1.29, 1.82) is 0 Å². The summed E-state index contributed by atoms with van der Waals surface area (Å²) >= 11 is 0. The fraction of sp³-hybridized carbons (Fsp3) is 0.500. The molecule has 0 bridgehead atoms. The first kappa shape index (κ1) is 9.53. The van der Waals surface area contributed by atoms with E-state index < -0.39 is 0 Å². The Labute approximate surface area is 85.2 Å². The van der Waals surface area contributed by atoms with Crippen LogP contribution in [0.1, 0.15) is 31.4 Å². The van der Waals surface area contributed by atoms with Crippen LogP contribution in [0.4, 0.5) is 5.69 Å². The van der Waals surface area contributed by atoms with Crippen molar-refractivity contribution in [2.24, 2.45) is 0 Å². The molecule has 76 valence electrons. The molecule has 0 saturated carbocycles. The van der Waals surface area contributed by atoms with Gasteiger partial charge in [-0.05, 0) is 18.9 Å². The molecule has 1 aromatic carbocycles. The Bertz CT molecular complexity index is 283. The van der Waals surface area contributed by atoms with Crippen molar-refractivity contribution < 1.29 is 5.11 Å². The first-order chi connectivity index (χ1) is 6.83. The monoisotopic (exact) mass is 191 g/mol. The molecular formula is C12H17NO. The van der Waals surface area contributed by atoms with Crippen molar-refractivity contribution in [2.75, 3.05) is 18.0 Å². The van der Waals surface area contributed by atoms with Gasteiger partial charge >= 0.3 is 0 Å². The van der Waals surface area contributed by atoms with Crippen molar-refractivity contribution in [1.82, 2.24) is 0 Å². The summed E-state index contributed by atoms with van der Waals surface area (Å²) in [4.78, 5) is 2.33. The Balaban J connectivity index is 2.27. The molecule has 0 spiro atoms. The van der Waals surface area contributed by atoms with Crippen molar-refractivity contribution in [2.45, 2.75) is 25.9 Å². The SMILES string of the molecule is CCC(O)c1ccccc1N1CCC1. The molecule has 1 fully saturated rings. The van der Waals surface area contributed by atoms with Crippen LogP contribution in [0, 0.1) is 0 Å². The molecule has 2 rings (SSSR count). The van der Waals surface area contributed by atoms with Gasteiger partial charge in [0.25, 0.3) is 0 Å². The van der Waals surface area contributed by atoms with E-state index in [1.165, 1.54) is 12.1 Å². The van der Waals surface area contributed by atoms with Gasteiger partial charge in [0.15, 0.2) is 0 Å². The summed E-state index contributed by atoms with van der Waals surface area (Å²) in [6.07, 6.45) is 1.74. The van der Waals surface area contributed by atoms with Crippen molar-refractivity contribution in [3.8, 4) is 0 Å². The van der Waals surface area contributed by atoms with E-state index in [4.69, 9.17) is 0 Å². The second kappa shape index (κ2) is 4.01. The summed E-state index contributed by atoms with van der Waals surface area (Å²) in [5.74, 6) is 0. The van der Waals surface area contributed by atoms with E-state index in [1.54, 1.807) is 0 Å². The smallest absolute Gasteiger partial charge is 0.0807 e. The molecule has 1 N–H and O–H groups in total. The maximum Gasteiger partial charge on any atom is 0.0807 e. The van der Waals surface area contributed by atoms with Crippen molar-refractivity contribution in [3.63, 3.8) is 0 Å². The molecule has 0 amide bonds. The molecule has 14 heavy (non-hydrogen) atoms. The summed E-state index contributed by atoms with van der Waals surface area (Å²) in [5.41, 5.74) is 2.29. The molecule has 0 aromatic heterocycles. The van der Waals surface area contributed by atoms with E-state index in [1.807, 2.05) is 25.1 Å².